The van der Waals surface area contributed by atoms with Gasteiger partial charge in [-0.2, -0.15) is 0 Å². The minimum atomic E-state index is 0.613. The lowest BCUT2D eigenvalue weighted by molar-refractivity contribution is 0.728. The van der Waals surface area contributed by atoms with E-state index in [2.05, 4.69) is 61.2 Å². The fourth-order valence-corrected chi connectivity index (χ4v) is 2.95. The van der Waals surface area contributed by atoms with Crippen LogP contribution in [0.3, 0.4) is 0 Å². The Bertz CT molecular complexity index is 592. The van der Waals surface area contributed by atoms with Crippen LogP contribution in [0.5, 0.6) is 0 Å². The Kier molecular flexibility index (Phi) is 3.05. The van der Waals surface area contributed by atoms with E-state index in [9.17, 15) is 0 Å². The molecule has 3 nitrogen and oxygen atoms in total. The first-order valence-electron chi connectivity index (χ1n) is 7.00. The van der Waals surface area contributed by atoms with Crippen molar-refractivity contribution < 1.29 is 0 Å². The van der Waals surface area contributed by atoms with Crippen molar-refractivity contribution in [1.29, 1.82) is 0 Å². The molecule has 2 heterocycles. The number of anilines is 2. The van der Waals surface area contributed by atoms with E-state index in [1.54, 1.807) is 0 Å². The van der Waals surface area contributed by atoms with Gasteiger partial charge in [0.05, 0.1) is 5.52 Å². The largest absolute Gasteiger partial charge is 0.377 e. The van der Waals surface area contributed by atoms with E-state index in [1.807, 2.05) is 0 Å². The maximum absolute atomic E-state index is 4.85. The molecule has 0 radical (unpaired) electrons. The van der Waals surface area contributed by atoms with Crippen molar-refractivity contribution in [3.8, 4) is 0 Å². The molecule has 1 saturated heterocycles. The number of rotatable bonds is 2. The normalized spacial score (nSPS) is 19.1. The molecule has 0 bridgehead atoms. The average molecular weight is 255 g/mol. The van der Waals surface area contributed by atoms with Crippen LogP contribution in [-0.2, 0) is 0 Å². The molecule has 0 N–H and O–H groups in total. The molecule has 19 heavy (non-hydrogen) atoms. The highest BCUT2D eigenvalue weighted by atomic mass is 15.2. The van der Waals surface area contributed by atoms with Crippen LogP contribution in [0.4, 0.5) is 11.5 Å². The van der Waals surface area contributed by atoms with E-state index in [-0.39, 0.29) is 0 Å². The Hall–Kier alpha value is -1.77. The summed E-state index contributed by atoms with van der Waals surface area (Å²) in [4.78, 5) is 9.41. The van der Waals surface area contributed by atoms with Crippen molar-refractivity contribution >= 4 is 22.4 Å². The van der Waals surface area contributed by atoms with Crippen LogP contribution in [-0.4, -0.2) is 31.7 Å². The fourth-order valence-electron chi connectivity index (χ4n) is 2.95. The summed E-state index contributed by atoms with van der Waals surface area (Å²) in [5.41, 5.74) is 2.31. The van der Waals surface area contributed by atoms with Gasteiger partial charge in [-0.25, -0.2) is 4.98 Å². The molecule has 3 heteroatoms. The molecular formula is C16H21N3. The predicted octanol–water partition coefficient (Wildman–Crippen LogP) is 3.29. The molecule has 2 aromatic rings. The first kappa shape index (κ1) is 12.3. The standard InChI is InChI=1S/C16H21N3/c1-12-6-5-11-19(12)16-10-9-13-14(17-16)7-4-8-15(13)18(2)3/h4,7-10,12H,5-6,11H2,1-3H3. The zero-order valence-electron chi connectivity index (χ0n) is 11.9. The highest BCUT2D eigenvalue weighted by Gasteiger charge is 2.21. The van der Waals surface area contributed by atoms with E-state index < -0.39 is 0 Å². The SMILES string of the molecule is CC1CCCN1c1ccc2c(N(C)C)cccc2n1. The Balaban J connectivity index is 2.07. The smallest absolute Gasteiger partial charge is 0.129 e. The zero-order chi connectivity index (χ0) is 13.4. The summed E-state index contributed by atoms with van der Waals surface area (Å²) < 4.78 is 0. The molecule has 1 aliphatic rings. The van der Waals surface area contributed by atoms with E-state index in [0.717, 1.165) is 17.9 Å². The fraction of sp³-hybridized carbons (Fsp3) is 0.438. The van der Waals surface area contributed by atoms with Crippen LogP contribution in [0, 0.1) is 0 Å². The second-order valence-corrected chi connectivity index (χ2v) is 5.59. The number of aromatic nitrogens is 1. The Morgan fingerprint density at radius 1 is 1.21 bits per heavy atom. The predicted molar refractivity (Wildman–Crippen MR) is 82.1 cm³/mol. The second kappa shape index (κ2) is 4.72. The summed E-state index contributed by atoms with van der Waals surface area (Å²) in [7, 11) is 4.15. The van der Waals surface area contributed by atoms with Crippen LogP contribution in [0.25, 0.3) is 10.9 Å². The lowest BCUT2D eigenvalue weighted by Crippen LogP contribution is -2.27. The van der Waals surface area contributed by atoms with Crippen molar-refractivity contribution in [2.45, 2.75) is 25.8 Å². The van der Waals surface area contributed by atoms with Gasteiger partial charge in [0.15, 0.2) is 0 Å². The van der Waals surface area contributed by atoms with E-state index in [0.29, 0.717) is 6.04 Å². The molecule has 1 aromatic heterocycles. The highest BCUT2D eigenvalue weighted by Crippen LogP contribution is 2.29. The minimum absolute atomic E-state index is 0.613. The Labute approximate surface area is 114 Å². The molecule has 0 saturated carbocycles. The van der Waals surface area contributed by atoms with Gasteiger partial charge in [0.2, 0.25) is 0 Å². The zero-order valence-corrected chi connectivity index (χ0v) is 11.9. The van der Waals surface area contributed by atoms with Gasteiger partial charge in [-0.3, -0.25) is 0 Å². The van der Waals surface area contributed by atoms with Gasteiger partial charge in [-0.05, 0) is 44.0 Å². The summed E-state index contributed by atoms with van der Waals surface area (Å²) in [5, 5.41) is 1.23. The molecule has 1 atom stereocenters. The molecular weight excluding hydrogens is 234 g/mol. The van der Waals surface area contributed by atoms with E-state index >= 15 is 0 Å². The van der Waals surface area contributed by atoms with Gasteiger partial charge in [0, 0.05) is 37.8 Å². The van der Waals surface area contributed by atoms with Gasteiger partial charge >= 0.3 is 0 Å². The van der Waals surface area contributed by atoms with Crippen LogP contribution in [0.2, 0.25) is 0 Å². The first-order chi connectivity index (χ1) is 9.16. The lowest BCUT2D eigenvalue weighted by atomic mass is 10.1. The maximum Gasteiger partial charge on any atom is 0.129 e. The average Bonchev–Trinajstić information content (AvgIpc) is 2.83. The van der Waals surface area contributed by atoms with E-state index in [4.69, 9.17) is 4.98 Å². The topological polar surface area (TPSA) is 19.4 Å². The summed E-state index contributed by atoms with van der Waals surface area (Å²) in [6.07, 6.45) is 2.55. The summed E-state index contributed by atoms with van der Waals surface area (Å²) in [5.74, 6) is 1.12. The summed E-state index contributed by atoms with van der Waals surface area (Å²) >= 11 is 0. The molecule has 0 amide bonds. The first-order valence-corrected chi connectivity index (χ1v) is 7.00. The third-order valence-corrected chi connectivity index (χ3v) is 4.02. The number of hydrogen-bond acceptors (Lipinski definition) is 3. The summed E-state index contributed by atoms with van der Waals surface area (Å²) in [6, 6.07) is 11.3. The van der Waals surface area contributed by atoms with Gasteiger partial charge in [-0.15, -0.1) is 0 Å². The van der Waals surface area contributed by atoms with Crippen LogP contribution in [0.15, 0.2) is 30.3 Å². The third kappa shape index (κ3) is 2.14. The molecule has 1 unspecified atom stereocenters. The molecule has 1 fully saturated rings. The van der Waals surface area contributed by atoms with E-state index in [1.165, 1.54) is 23.9 Å². The van der Waals surface area contributed by atoms with Crippen LogP contribution < -0.4 is 9.80 Å². The number of pyridine rings is 1. The minimum Gasteiger partial charge on any atom is -0.377 e. The molecule has 1 aromatic carbocycles. The number of fused-ring (bicyclic) bond motifs is 1. The van der Waals surface area contributed by atoms with Crippen LogP contribution >= 0.6 is 0 Å². The van der Waals surface area contributed by atoms with Crippen molar-refractivity contribution in [3.63, 3.8) is 0 Å². The molecule has 0 aliphatic carbocycles. The molecule has 0 spiro atoms. The number of nitrogens with zero attached hydrogens (tertiary/aromatic N) is 3. The number of benzene rings is 1. The van der Waals surface area contributed by atoms with Crippen LogP contribution in [0.1, 0.15) is 19.8 Å². The molecule has 1 aliphatic heterocycles. The van der Waals surface area contributed by atoms with Gasteiger partial charge in [-0.1, -0.05) is 6.07 Å². The third-order valence-electron chi connectivity index (χ3n) is 4.02. The highest BCUT2D eigenvalue weighted by molar-refractivity contribution is 5.92. The summed E-state index contributed by atoms with van der Waals surface area (Å²) in [6.45, 7) is 3.42. The van der Waals surface area contributed by atoms with Gasteiger partial charge in [0.1, 0.15) is 5.82 Å². The van der Waals surface area contributed by atoms with Gasteiger partial charge < -0.3 is 9.80 Å². The van der Waals surface area contributed by atoms with Crippen molar-refractivity contribution in [2.75, 3.05) is 30.4 Å². The van der Waals surface area contributed by atoms with Gasteiger partial charge in [0.25, 0.3) is 0 Å². The van der Waals surface area contributed by atoms with Crippen molar-refractivity contribution in [3.05, 3.63) is 30.3 Å². The van der Waals surface area contributed by atoms with Crippen molar-refractivity contribution in [1.82, 2.24) is 4.98 Å². The Morgan fingerprint density at radius 3 is 2.74 bits per heavy atom. The van der Waals surface area contributed by atoms with Crippen molar-refractivity contribution in [2.24, 2.45) is 0 Å². The molecule has 3 rings (SSSR count). The monoisotopic (exact) mass is 255 g/mol. The second-order valence-electron chi connectivity index (χ2n) is 5.59. The number of hydrogen-bond donors (Lipinski definition) is 0. The molecule has 100 valence electrons. The lowest BCUT2D eigenvalue weighted by Gasteiger charge is -2.23. The maximum atomic E-state index is 4.85. The quantitative estimate of drug-likeness (QED) is 0.821. The Morgan fingerprint density at radius 2 is 2.05 bits per heavy atom.